The molecule has 134 valence electrons. The number of nitrogens with zero attached hydrogens (tertiary/aromatic N) is 2. The topological polar surface area (TPSA) is 53.5 Å². The van der Waals surface area contributed by atoms with Crippen molar-refractivity contribution in [2.24, 2.45) is 0 Å². The van der Waals surface area contributed by atoms with E-state index in [9.17, 15) is 0 Å². The van der Waals surface area contributed by atoms with Crippen LogP contribution in [0, 0.1) is 0 Å². The van der Waals surface area contributed by atoms with E-state index < -0.39 is 0 Å². The van der Waals surface area contributed by atoms with Gasteiger partial charge < -0.3 is 14.2 Å². The van der Waals surface area contributed by atoms with E-state index in [0.29, 0.717) is 13.2 Å². The Balaban J connectivity index is 1.98. The highest BCUT2D eigenvalue weighted by atomic mass is 32.2. The molecular weight excluding hydrogens is 336 g/mol. The van der Waals surface area contributed by atoms with Gasteiger partial charge in [-0.05, 0) is 38.1 Å². The highest BCUT2D eigenvalue weighted by Gasteiger charge is 2.30. The Labute approximate surface area is 153 Å². The molecule has 0 bridgehead atoms. The van der Waals surface area contributed by atoms with Gasteiger partial charge in [-0.1, -0.05) is 0 Å². The second-order valence-electron chi connectivity index (χ2n) is 6.57. The van der Waals surface area contributed by atoms with E-state index in [-0.39, 0.29) is 5.60 Å². The molecule has 0 saturated carbocycles. The first-order valence-electron chi connectivity index (χ1n) is 8.32. The minimum Gasteiger partial charge on any atom is -0.497 e. The molecule has 0 spiro atoms. The van der Waals surface area contributed by atoms with Gasteiger partial charge in [-0.15, -0.1) is 11.8 Å². The third kappa shape index (κ3) is 4.32. The number of fused-ring (bicyclic) bond motifs is 1. The fourth-order valence-electron chi connectivity index (χ4n) is 2.73. The SMILES string of the molecule is COCCSc1nc(-c2ccc(OC)cc2)nc2c1COC(C)(C)C2. The Morgan fingerprint density at radius 2 is 1.92 bits per heavy atom. The number of rotatable bonds is 6. The summed E-state index contributed by atoms with van der Waals surface area (Å²) in [6.07, 6.45) is 0.784. The summed E-state index contributed by atoms with van der Waals surface area (Å²) in [4.78, 5) is 9.65. The molecule has 0 radical (unpaired) electrons. The number of ether oxygens (including phenoxy) is 3. The Morgan fingerprint density at radius 1 is 1.16 bits per heavy atom. The van der Waals surface area contributed by atoms with Crippen molar-refractivity contribution < 1.29 is 14.2 Å². The number of aromatic nitrogens is 2. The molecule has 5 nitrogen and oxygen atoms in total. The van der Waals surface area contributed by atoms with Crippen molar-refractivity contribution in [2.75, 3.05) is 26.6 Å². The van der Waals surface area contributed by atoms with Crippen molar-refractivity contribution in [3.63, 3.8) is 0 Å². The summed E-state index contributed by atoms with van der Waals surface area (Å²) in [6, 6.07) is 7.86. The van der Waals surface area contributed by atoms with Gasteiger partial charge in [0, 0.05) is 30.4 Å². The van der Waals surface area contributed by atoms with E-state index in [1.54, 1.807) is 26.0 Å². The maximum Gasteiger partial charge on any atom is 0.160 e. The van der Waals surface area contributed by atoms with E-state index in [1.165, 1.54) is 0 Å². The van der Waals surface area contributed by atoms with Crippen LogP contribution < -0.4 is 4.74 Å². The van der Waals surface area contributed by atoms with Crippen molar-refractivity contribution in [3.8, 4) is 17.1 Å². The summed E-state index contributed by atoms with van der Waals surface area (Å²) >= 11 is 1.70. The van der Waals surface area contributed by atoms with Crippen LogP contribution in [-0.2, 0) is 22.5 Å². The predicted octanol–water partition coefficient (Wildman–Crippen LogP) is 3.74. The molecule has 0 saturated heterocycles. The summed E-state index contributed by atoms with van der Waals surface area (Å²) in [5.74, 6) is 2.43. The van der Waals surface area contributed by atoms with Crippen LogP contribution >= 0.6 is 11.8 Å². The molecule has 25 heavy (non-hydrogen) atoms. The molecule has 1 aliphatic heterocycles. The van der Waals surface area contributed by atoms with Crippen molar-refractivity contribution in [2.45, 2.75) is 37.5 Å². The Kier molecular flexibility index (Phi) is 5.61. The lowest BCUT2D eigenvalue weighted by atomic mass is 9.96. The summed E-state index contributed by atoms with van der Waals surface area (Å²) in [5, 5.41) is 0.989. The molecule has 0 N–H and O–H groups in total. The fraction of sp³-hybridized carbons (Fsp3) is 0.474. The van der Waals surface area contributed by atoms with Crippen LogP contribution in [-0.4, -0.2) is 42.1 Å². The molecule has 2 heterocycles. The van der Waals surface area contributed by atoms with Crippen molar-refractivity contribution in [1.82, 2.24) is 9.97 Å². The smallest absolute Gasteiger partial charge is 0.160 e. The van der Waals surface area contributed by atoms with Crippen LogP contribution in [0.1, 0.15) is 25.1 Å². The molecule has 2 aromatic rings. The summed E-state index contributed by atoms with van der Waals surface area (Å²) in [7, 11) is 3.38. The third-order valence-electron chi connectivity index (χ3n) is 4.13. The second kappa shape index (κ2) is 7.72. The van der Waals surface area contributed by atoms with Gasteiger partial charge in [0.15, 0.2) is 5.82 Å². The zero-order valence-corrected chi connectivity index (χ0v) is 16.0. The van der Waals surface area contributed by atoms with Gasteiger partial charge in [0.1, 0.15) is 10.8 Å². The molecule has 0 fully saturated rings. The van der Waals surface area contributed by atoms with Crippen LogP contribution in [0.3, 0.4) is 0 Å². The minimum absolute atomic E-state index is 0.201. The van der Waals surface area contributed by atoms with Crippen LogP contribution in [0.5, 0.6) is 5.75 Å². The largest absolute Gasteiger partial charge is 0.497 e. The Morgan fingerprint density at radius 3 is 2.60 bits per heavy atom. The fourth-order valence-corrected chi connectivity index (χ4v) is 3.68. The molecule has 6 heteroatoms. The average Bonchev–Trinajstić information content (AvgIpc) is 2.60. The van der Waals surface area contributed by atoms with Crippen LogP contribution in [0.15, 0.2) is 29.3 Å². The standard InChI is InChI=1S/C19H24N2O3S/c1-19(2)11-16-15(12-24-19)18(25-10-9-22-3)21-17(20-16)13-5-7-14(23-4)8-6-13/h5-8H,9-12H2,1-4H3. The van der Waals surface area contributed by atoms with Gasteiger partial charge in [0.05, 0.1) is 31.6 Å². The van der Waals surface area contributed by atoms with Gasteiger partial charge in [0.25, 0.3) is 0 Å². The zero-order chi connectivity index (χ0) is 17.9. The van der Waals surface area contributed by atoms with Crippen molar-refractivity contribution in [1.29, 1.82) is 0 Å². The maximum atomic E-state index is 5.97. The third-order valence-corrected chi connectivity index (χ3v) is 5.11. The number of thioether (sulfide) groups is 1. The van der Waals surface area contributed by atoms with Gasteiger partial charge in [-0.25, -0.2) is 9.97 Å². The van der Waals surface area contributed by atoms with Crippen LogP contribution in [0.4, 0.5) is 0 Å². The second-order valence-corrected chi connectivity index (χ2v) is 7.66. The van der Waals surface area contributed by atoms with Gasteiger partial charge in [-0.2, -0.15) is 0 Å². The lowest BCUT2D eigenvalue weighted by molar-refractivity contribution is -0.0428. The number of hydrogen-bond donors (Lipinski definition) is 0. The maximum absolute atomic E-state index is 5.97. The van der Waals surface area contributed by atoms with Crippen molar-refractivity contribution >= 4 is 11.8 Å². The molecule has 1 aromatic heterocycles. The molecule has 1 aliphatic rings. The Bertz CT molecular complexity index is 732. The lowest BCUT2D eigenvalue weighted by Crippen LogP contribution is -2.33. The van der Waals surface area contributed by atoms with Gasteiger partial charge >= 0.3 is 0 Å². The minimum atomic E-state index is -0.201. The molecule has 0 aliphatic carbocycles. The van der Waals surface area contributed by atoms with Gasteiger partial charge in [-0.3, -0.25) is 0 Å². The van der Waals surface area contributed by atoms with E-state index in [2.05, 4.69) is 13.8 Å². The number of hydrogen-bond acceptors (Lipinski definition) is 6. The first-order valence-corrected chi connectivity index (χ1v) is 9.31. The van der Waals surface area contributed by atoms with Crippen LogP contribution in [0.2, 0.25) is 0 Å². The number of methoxy groups -OCH3 is 2. The predicted molar refractivity (Wildman–Crippen MR) is 99.2 cm³/mol. The van der Waals surface area contributed by atoms with E-state index >= 15 is 0 Å². The normalized spacial score (nSPS) is 15.7. The van der Waals surface area contributed by atoms with E-state index in [1.807, 2.05) is 24.3 Å². The van der Waals surface area contributed by atoms with Crippen molar-refractivity contribution in [3.05, 3.63) is 35.5 Å². The molecule has 3 rings (SSSR count). The van der Waals surface area contributed by atoms with Crippen LogP contribution in [0.25, 0.3) is 11.4 Å². The van der Waals surface area contributed by atoms with E-state index in [4.69, 9.17) is 24.2 Å². The Hall–Kier alpha value is -1.63. The molecule has 1 aromatic carbocycles. The van der Waals surface area contributed by atoms with Gasteiger partial charge in [0.2, 0.25) is 0 Å². The molecule has 0 atom stereocenters. The molecular formula is C19H24N2O3S. The lowest BCUT2D eigenvalue weighted by Gasteiger charge is -2.32. The monoisotopic (exact) mass is 360 g/mol. The average molecular weight is 360 g/mol. The summed E-state index contributed by atoms with van der Waals surface area (Å²) in [6.45, 7) is 5.44. The summed E-state index contributed by atoms with van der Waals surface area (Å²) < 4.78 is 16.4. The number of benzene rings is 1. The zero-order valence-electron chi connectivity index (χ0n) is 15.2. The highest BCUT2D eigenvalue weighted by molar-refractivity contribution is 7.99. The molecule has 0 unspecified atom stereocenters. The first-order chi connectivity index (χ1) is 12.0. The quantitative estimate of drug-likeness (QED) is 0.444. The highest BCUT2D eigenvalue weighted by Crippen LogP contribution is 2.34. The molecule has 0 amide bonds. The van der Waals surface area contributed by atoms with E-state index in [0.717, 1.165) is 45.6 Å². The summed E-state index contributed by atoms with van der Waals surface area (Å²) in [5.41, 5.74) is 2.98. The first kappa shape index (κ1) is 18.2.